The summed E-state index contributed by atoms with van der Waals surface area (Å²) in [6.45, 7) is 2.03. The summed E-state index contributed by atoms with van der Waals surface area (Å²) in [6, 6.07) is 3.83. The summed E-state index contributed by atoms with van der Waals surface area (Å²) in [5.74, 6) is 1.49. The molecule has 3 nitrogen and oxygen atoms in total. The fourth-order valence-electron chi connectivity index (χ4n) is 1.46. The molecule has 0 unspecified atom stereocenters. The van der Waals surface area contributed by atoms with Gasteiger partial charge in [0.15, 0.2) is 0 Å². The molecule has 0 aliphatic carbocycles. The van der Waals surface area contributed by atoms with Crippen LogP contribution in [0.3, 0.4) is 0 Å². The highest BCUT2D eigenvalue weighted by atomic mass is 79.9. The first-order valence-corrected chi connectivity index (χ1v) is 7.55. The molecule has 0 atom stereocenters. The van der Waals surface area contributed by atoms with E-state index in [1.807, 2.05) is 6.92 Å². The summed E-state index contributed by atoms with van der Waals surface area (Å²) in [5, 5.41) is 0. The molecule has 1 rings (SSSR count). The molecule has 0 saturated carbocycles. The highest BCUT2D eigenvalue weighted by Gasteiger charge is 2.26. The fraction of sp³-hybridized carbons (Fsp3) is 0.333. The molecule has 18 heavy (non-hydrogen) atoms. The van der Waals surface area contributed by atoms with Gasteiger partial charge in [-0.3, -0.25) is 0 Å². The predicted octanol–water partition coefficient (Wildman–Crippen LogP) is 2.62. The molecular formula is C12H13BrFNO2S. The second kappa shape index (κ2) is 6.32. The quantitative estimate of drug-likeness (QED) is 0.777. The lowest BCUT2D eigenvalue weighted by molar-refractivity contribution is 0.440. The van der Waals surface area contributed by atoms with Gasteiger partial charge >= 0.3 is 0 Å². The third kappa shape index (κ3) is 3.31. The zero-order valence-electron chi connectivity index (χ0n) is 9.86. The van der Waals surface area contributed by atoms with Crippen LogP contribution in [0.15, 0.2) is 27.6 Å². The van der Waals surface area contributed by atoms with Crippen molar-refractivity contribution >= 4 is 26.0 Å². The molecule has 98 valence electrons. The van der Waals surface area contributed by atoms with Crippen molar-refractivity contribution < 1.29 is 12.8 Å². The predicted molar refractivity (Wildman–Crippen MR) is 72.0 cm³/mol. The fourth-order valence-corrected chi connectivity index (χ4v) is 3.28. The summed E-state index contributed by atoms with van der Waals surface area (Å²) < 4.78 is 39.7. The van der Waals surface area contributed by atoms with Gasteiger partial charge < -0.3 is 0 Å². The molecule has 0 aromatic heterocycles. The topological polar surface area (TPSA) is 37.4 Å². The molecule has 0 radical (unpaired) electrons. The monoisotopic (exact) mass is 333 g/mol. The van der Waals surface area contributed by atoms with Crippen molar-refractivity contribution in [2.75, 3.05) is 13.1 Å². The maximum atomic E-state index is 13.7. The van der Waals surface area contributed by atoms with Gasteiger partial charge in [-0.1, -0.05) is 28.8 Å². The van der Waals surface area contributed by atoms with Crippen LogP contribution in [0, 0.1) is 18.2 Å². The Bertz CT molecular complexity index is 566. The number of hydrogen-bond acceptors (Lipinski definition) is 2. The van der Waals surface area contributed by atoms with Gasteiger partial charge in [0.1, 0.15) is 10.7 Å². The molecule has 0 aliphatic rings. The van der Waals surface area contributed by atoms with Gasteiger partial charge in [0.2, 0.25) is 10.0 Å². The Labute approximate surface area is 115 Å². The van der Waals surface area contributed by atoms with E-state index < -0.39 is 15.8 Å². The second-order valence-electron chi connectivity index (χ2n) is 3.62. The SMILES string of the molecule is C#CCN(CCC)S(=O)(=O)c1ccc(Br)cc1F. The van der Waals surface area contributed by atoms with E-state index in [0.717, 1.165) is 10.4 Å². The Morgan fingerprint density at radius 3 is 2.67 bits per heavy atom. The van der Waals surface area contributed by atoms with Crippen LogP contribution in [0.1, 0.15) is 13.3 Å². The van der Waals surface area contributed by atoms with Crippen molar-refractivity contribution in [3.05, 3.63) is 28.5 Å². The molecular weight excluding hydrogens is 321 g/mol. The zero-order chi connectivity index (χ0) is 13.8. The summed E-state index contributed by atoms with van der Waals surface area (Å²) in [6.07, 6.45) is 5.75. The molecule has 0 saturated heterocycles. The first-order chi connectivity index (χ1) is 8.43. The minimum absolute atomic E-state index is 0.0638. The zero-order valence-corrected chi connectivity index (χ0v) is 12.3. The van der Waals surface area contributed by atoms with Gasteiger partial charge in [0.05, 0.1) is 6.54 Å². The van der Waals surface area contributed by atoms with Gasteiger partial charge in [-0.15, -0.1) is 6.42 Å². The molecule has 1 aromatic carbocycles. The largest absolute Gasteiger partial charge is 0.246 e. The molecule has 1 aromatic rings. The van der Waals surface area contributed by atoms with Crippen LogP contribution in [-0.4, -0.2) is 25.8 Å². The number of hydrogen-bond donors (Lipinski definition) is 0. The van der Waals surface area contributed by atoms with Gasteiger partial charge in [-0.25, -0.2) is 12.8 Å². The minimum atomic E-state index is -3.88. The lowest BCUT2D eigenvalue weighted by Crippen LogP contribution is -2.32. The molecule has 6 heteroatoms. The van der Waals surface area contributed by atoms with Crippen molar-refractivity contribution in [1.29, 1.82) is 0 Å². The Morgan fingerprint density at radius 2 is 2.17 bits per heavy atom. The average molecular weight is 334 g/mol. The van der Waals surface area contributed by atoms with Crippen molar-refractivity contribution in [2.45, 2.75) is 18.2 Å². The Hall–Kier alpha value is -0.900. The van der Waals surface area contributed by atoms with Gasteiger partial charge in [-0.05, 0) is 24.6 Å². The van der Waals surface area contributed by atoms with Crippen molar-refractivity contribution in [3.63, 3.8) is 0 Å². The highest BCUT2D eigenvalue weighted by Crippen LogP contribution is 2.22. The van der Waals surface area contributed by atoms with E-state index in [-0.39, 0.29) is 18.0 Å². The number of terminal acetylenes is 1. The van der Waals surface area contributed by atoms with Crippen LogP contribution in [0.5, 0.6) is 0 Å². The lowest BCUT2D eigenvalue weighted by atomic mass is 10.3. The van der Waals surface area contributed by atoms with Crippen molar-refractivity contribution in [2.24, 2.45) is 0 Å². The highest BCUT2D eigenvalue weighted by molar-refractivity contribution is 9.10. The minimum Gasteiger partial charge on any atom is -0.207 e. The van der Waals surface area contributed by atoms with Crippen LogP contribution in [0.25, 0.3) is 0 Å². The van der Waals surface area contributed by atoms with E-state index in [4.69, 9.17) is 6.42 Å². The smallest absolute Gasteiger partial charge is 0.207 e. The van der Waals surface area contributed by atoms with E-state index in [1.165, 1.54) is 12.1 Å². The summed E-state index contributed by atoms with van der Waals surface area (Å²) in [4.78, 5) is -0.352. The van der Waals surface area contributed by atoms with Crippen molar-refractivity contribution in [3.8, 4) is 12.3 Å². The van der Waals surface area contributed by atoms with Gasteiger partial charge in [0.25, 0.3) is 0 Å². The summed E-state index contributed by atoms with van der Waals surface area (Å²) >= 11 is 3.08. The molecule has 0 heterocycles. The summed E-state index contributed by atoms with van der Waals surface area (Å²) in [7, 11) is -3.88. The first kappa shape index (κ1) is 15.2. The van der Waals surface area contributed by atoms with Crippen LogP contribution < -0.4 is 0 Å². The Kier molecular flexibility index (Phi) is 5.32. The standard InChI is InChI=1S/C12H13BrFNO2S/c1-3-7-15(8-4-2)18(16,17)12-6-5-10(13)9-11(12)14/h1,5-6,9H,4,7-8H2,2H3. The molecule has 0 spiro atoms. The number of halogens is 2. The molecule has 0 aliphatic heterocycles. The van der Waals surface area contributed by atoms with Gasteiger partial charge in [0, 0.05) is 11.0 Å². The maximum absolute atomic E-state index is 13.7. The van der Waals surface area contributed by atoms with E-state index in [0.29, 0.717) is 10.9 Å². The van der Waals surface area contributed by atoms with E-state index in [9.17, 15) is 12.8 Å². The van der Waals surface area contributed by atoms with E-state index in [1.54, 1.807) is 0 Å². The molecule has 0 N–H and O–H groups in total. The number of rotatable bonds is 5. The van der Waals surface area contributed by atoms with E-state index in [2.05, 4.69) is 21.9 Å². The third-order valence-corrected chi connectivity index (χ3v) is 4.62. The Balaban J connectivity index is 3.22. The van der Waals surface area contributed by atoms with Crippen LogP contribution >= 0.6 is 15.9 Å². The third-order valence-electron chi connectivity index (χ3n) is 2.25. The van der Waals surface area contributed by atoms with Crippen molar-refractivity contribution in [1.82, 2.24) is 4.31 Å². The number of nitrogens with zero attached hydrogens (tertiary/aromatic N) is 1. The molecule has 0 fully saturated rings. The molecule has 0 amide bonds. The Morgan fingerprint density at radius 1 is 1.50 bits per heavy atom. The van der Waals surface area contributed by atoms with E-state index >= 15 is 0 Å². The second-order valence-corrected chi connectivity index (χ2v) is 6.44. The normalized spacial score (nSPS) is 11.5. The summed E-state index contributed by atoms with van der Waals surface area (Å²) in [5.41, 5.74) is 0. The molecule has 0 bridgehead atoms. The maximum Gasteiger partial charge on any atom is 0.246 e. The number of sulfonamides is 1. The van der Waals surface area contributed by atoms with Crippen LogP contribution in [0.4, 0.5) is 4.39 Å². The van der Waals surface area contributed by atoms with Crippen LogP contribution in [0.2, 0.25) is 0 Å². The average Bonchev–Trinajstić information content (AvgIpc) is 2.28. The first-order valence-electron chi connectivity index (χ1n) is 5.32. The number of benzene rings is 1. The van der Waals surface area contributed by atoms with Crippen LogP contribution in [-0.2, 0) is 10.0 Å². The lowest BCUT2D eigenvalue weighted by Gasteiger charge is -2.19. The van der Waals surface area contributed by atoms with Gasteiger partial charge in [-0.2, -0.15) is 4.31 Å².